The molecule has 0 unspecified atom stereocenters. The molecule has 0 saturated carbocycles. The Morgan fingerprint density at radius 2 is 2.10 bits per heavy atom. The van der Waals surface area contributed by atoms with Crippen LogP contribution in [0, 0.1) is 0 Å². The molecule has 7 nitrogen and oxygen atoms in total. The number of hydrogen-bond donors (Lipinski definition) is 3. The van der Waals surface area contributed by atoms with Gasteiger partial charge in [-0.1, -0.05) is 0 Å². The molecule has 2 aromatic rings. The van der Waals surface area contributed by atoms with Crippen LogP contribution in [0.4, 0.5) is 11.4 Å². The van der Waals surface area contributed by atoms with Gasteiger partial charge < -0.3 is 20.9 Å². The number of ether oxygens (including phenoxy) is 1. The first-order valence-corrected chi connectivity index (χ1v) is 5.96. The fourth-order valence-electron chi connectivity index (χ4n) is 1.73. The minimum atomic E-state index is -1.18. The van der Waals surface area contributed by atoms with Crippen molar-refractivity contribution in [3.63, 3.8) is 0 Å². The highest BCUT2D eigenvalue weighted by molar-refractivity contribution is 6.09. The molecule has 0 radical (unpaired) electrons. The summed E-state index contributed by atoms with van der Waals surface area (Å²) in [6, 6.07) is 7.44. The zero-order valence-corrected chi connectivity index (χ0v) is 11.2. The molecule has 0 bridgehead atoms. The summed E-state index contributed by atoms with van der Waals surface area (Å²) in [6.45, 7) is 0. The van der Waals surface area contributed by atoms with Crippen molar-refractivity contribution in [2.24, 2.45) is 0 Å². The van der Waals surface area contributed by atoms with Gasteiger partial charge in [-0.3, -0.25) is 4.79 Å². The van der Waals surface area contributed by atoms with Gasteiger partial charge in [-0.15, -0.1) is 0 Å². The normalized spacial score (nSPS) is 9.95. The second kappa shape index (κ2) is 5.91. The number of benzene rings is 1. The molecule has 0 aliphatic rings. The van der Waals surface area contributed by atoms with Crippen LogP contribution >= 0.6 is 0 Å². The Bertz CT molecular complexity index is 700. The SMILES string of the molecule is COc1ccc(NC(=O)c2ncccc2N)c(C(=O)O)c1. The first-order valence-electron chi connectivity index (χ1n) is 5.96. The average Bonchev–Trinajstić information content (AvgIpc) is 2.47. The van der Waals surface area contributed by atoms with E-state index in [1.54, 1.807) is 12.1 Å². The number of aromatic carboxylic acids is 1. The molecule has 0 atom stereocenters. The van der Waals surface area contributed by atoms with Crippen LogP contribution in [0.2, 0.25) is 0 Å². The molecule has 1 heterocycles. The van der Waals surface area contributed by atoms with Crippen LogP contribution in [0.5, 0.6) is 5.75 Å². The maximum Gasteiger partial charge on any atom is 0.337 e. The van der Waals surface area contributed by atoms with E-state index in [9.17, 15) is 14.7 Å². The van der Waals surface area contributed by atoms with Gasteiger partial charge in [0, 0.05) is 6.20 Å². The number of nitrogens with two attached hydrogens (primary N) is 1. The Kier molecular flexibility index (Phi) is 4.03. The van der Waals surface area contributed by atoms with E-state index in [4.69, 9.17) is 10.5 Å². The van der Waals surface area contributed by atoms with Gasteiger partial charge in [0.15, 0.2) is 5.69 Å². The first-order chi connectivity index (χ1) is 10.0. The smallest absolute Gasteiger partial charge is 0.337 e. The van der Waals surface area contributed by atoms with Crippen LogP contribution in [0.3, 0.4) is 0 Å². The summed E-state index contributed by atoms with van der Waals surface area (Å²) in [7, 11) is 1.42. The standard InChI is InChI=1S/C14H13N3O4/c1-21-8-4-5-11(9(7-8)14(19)20)17-13(18)12-10(15)3-2-6-16-12/h2-7H,15H2,1H3,(H,17,18)(H,19,20). The number of hydrogen-bond acceptors (Lipinski definition) is 5. The predicted molar refractivity (Wildman–Crippen MR) is 76.6 cm³/mol. The van der Waals surface area contributed by atoms with E-state index in [2.05, 4.69) is 10.3 Å². The van der Waals surface area contributed by atoms with Crippen molar-refractivity contribution in [2.75, 3.05) is 18.2 Å². The van der Waals surface area contributed by atoms with Gasteiger partial charge in [0.2, 0.25) is 0 Å². The topological polar surface area (TPSA) is 115 Å². The summed E-state index contributed by atoms with van der Waals surface area (Å²) in [4.78, 5) is 27.2. The van der Waals surface area contributed by atoms with Crippen LogP contribution in [0.1, 0.15) is 20.8 Å². The van der Waals surface area contributed by atoms with Crippen LogP contribution in [0.25, 0.3) is 0 Å². The Hall–Kier alpha value is -3.09. The van der Waals surface area contributed by atoms with Crippen LogP contribution < -0.4 is 15.8 Å². The highest BCUT2D eigenvalue weighted by atomic mass is 16.5. The number of pyridine rings is 1. The number of carboxylic acid groups (broad SMARTS) is 1. The number of aromatic nitrogens is 1. The lowest BCUT2D eigenvalue weighted by molar-refractivity contribution is 0.0697. The third kappa shape index (κ3) is 3.08. The third-order valence-electron chi connectivity index (χ3n) is 2.76. The van der Waals surface area contributed by atoms with Crippen LogP contribution in [-0.2, 0) is 0 Å². The van der Waals surface area contributed by atoms with Crippen molar-refractivity contribution < 1.29 is 19.4 Å². The van der Waals surface area contributed by atoms with Gasteiger partial charge in [-0.05, 0) is 30.3 Å². The molecule has 4 N–H and O–H groups in total. The van der Waals surface area contributed by atoms with Gasteiger partial charge in [-0.25, -0.2) is 9.78 Å². The molecule has 1 aromatic heterocycles. The number of nitrogens with one attached hydrogen (secondary N) is 1. The fraction of sp³-hybridized carbons (Fsp3) is 0.0714. The number of anilines is 2. The van der Waals surface area contributed by atoms with Gasteiger partial charge in [0.25, 0.3) is 5.91 Å². The number of rotatable bonds is 4. The van der Waals surface area contributed by atoms with Crippen molar-refractivity contribution in [3.8, 4) is 5.75 Å². The number of nitrogens with zero attached hydrogens (tertiary/aromatic N) is 1. The second-order valence-corrected chi connectivity index (χ2v) is 4.11. The molecule has 1 aromatic carbocycles. The molecule has 0 saturated heterocycles. The number of carboxylic acids is 1. The molecular weight excluding hydrogens is 274 g/mol. The van der Waals surface area contributed by atoms with Gasteiger partial charge >= 0.3 is 5.97 Å². The van der Waals surface area contributed by atoms with Crippen LogP contribution in [-0.4, -0.2) is 29.1 Å². The van der Waals surface area contributed by atoms with Crippen molar-refractivity contribution in [1.82, 2.24) is 4.98 Å². The number of methoxy groups -OCH3 is 1. The number of nitrogen functional groups attached to an aromatic ring is 1. The van der Waals surface area contributed by atoms with Crippen molar-refractivity contribution in [2.45, 2.75) is 0 Å². The van der Waals surface area contributed by atoms with E-state index in [-0.39, 0.29) is 22.6 Å². The molecule has 1 amide bonds. The van der Waals surface area contributed by atoms with Crippen LogP contribution in [0.15, 0.2) is 36.5 Å². The molecule has 2 rings (SSSR count). The lowest BCUT2D eigenvalue weighted by Gasteiger charge is -2.10. The minimum absolute atomic E-state index is 0.0321. The lowest BCUT2D eigenvalue weighted by atomic mass is 10.1. The maximum atomic E-state index is 12.1. The lowest BCUT2D eigenvalue weighted by Crippen LogP contribution is -2.17. The van der Waals surface area contributed by atoms with E-state index < -0.39 is 11.9 Å². The Balaban J connectivity index is 2.33. The first kappa shape index (κ1) is 14.3. The highest BCUT2D eigenvalue weighted by Crippen LogP contribution is 2.23. The average molecular weight is 287 g/mol. The van der Waals surface area contributed by atoms with Gasteiger partial charge in [0.1, 0.15) is 5.75 Å². The maximum absolute atomic E-state index is 12.1. The van der Waals surface area contributed by atoms with E-state index in [1.807, 2.05) is 0 Å². The zero-order valence-electron chi connectivity index (χ0n) is 11.2. The number of carbonyl (C=O) groups is 2. The van der Waals surface area contributed by atoms with E-state index in [0.717, 1.165) is 0 Å². The zero-order chi connectivity index (χ0) is 15.4. The molecule has 21 heavy (non-hydrogen) atoms. The third-order valence-corrected chi connectivity index (χ3v) is 2.76. The summed E-state index contributed by atoms with van der Waals surface area (Å²) in [5, 5.41) is 11.7. The van der Waals surface area contributed by atoms with Crippen molar-refractivity contribution in [1.29, 1.82) is 0 Å². The van der Waals surface area contributed by atoms with Gasteiger partial charge in [-0.2, -0.15) is 0 Å². The van der Waals surface area contributed by atoms with Crippen molar-refractivity contribution in [3.05, 3.63) is 47.8 Å². The van der Waals surface area contributed by atoms with E-state index in [0.29, 0.717) is 5.75 Å². The Morgan fingerprint density at radius 1 is 1.33 bits per heavy atom. The van der Waals surface area contributed by atoms with E-state index >= 15 is 0 Å². The fourth-order valence-corrected chi connectivity index (χ4v) is 1.73. The summed E-state index contributed by atoms with van der Waals surface area (Å²) >= 11 is 0. The molecular formula is C14H13N3O4. The molecule has 0 aliphatic heterocycles. The Labute approximate surface area is 120 Å². The summed E-state index contributed by atoms with van der Waals surface area (Å²) < 4.78 is 4.96. The summed E-state index contributed by atoms with van der Waals surface area (Å²) in [5.41, 5.74) is 5.95. The minimum Gasteiger partial charge on any atom is -0.497 e. The summed E-state index contributed by atoms with van der Waals surface area (Å²) in [6.07, 6.45) is 1.43. The van der Waals surface area contributed by atoms with Gasteiger partial charge in [0.05, 0.1) is 24.0 Å². The number of amides is 1. The molecule has 7 heteroatoms. The molecule has 0 fully saturated rings. The van der Waals surface area contributed by atoms with Crippen molar-refractivity contribution >= 4 is 23.3 Å². The monoisotopic (exact) mass is 287 g/mol. The quantitative estimate of drug-likeness (QED) is 0.787. The van der Waals surface area contributed by atoms with E-state index in [1.165, 1.54) is 31.5 Å². The predicted octanol–water partition coefficient (Wildman–Crippen LogP) is 1.62. The molecule has 0 aliphatic carbocycles. The molecule has 0 spiro atoms. The number of carbonyl (C=O) groups excluding carboxylic acids is 1. The Morgan fingerprint density at radius 3 is 2.71 bits per heavy atom. The highest BCUT2D eigenvalue weighted by Gasteiger charge is 2.16. The molecule has 108 valence electrons. The largest absolute Gasteiger partial charge is 0.497 e. The second-order valence-electron chi connectivity index (χ2n) is 4.11. The summed E-state index contributed by atoms with van der Waals surface area (Å²) in [5.74, 6) is -1.39.